The number of anilines is 1. The third-order valence-electron chi connectivity index (χ3n) is 2.05. The van der Waals surface area contributed by atoms with Crippen LogP contribution in [0, 0.1) is 0 Å². The van der Waals surface area contributed by atoms with Crippen molar-refractivity contribution in [3.8, 4) is 0 Å². The zero-order chi connectivity index (χ0) is 14.8. The summed E-state index contributed by atoms with van der Waals surface area (Å²) in [5.74, 6) is -0.834. The number of halogens is 3. The fourth-order valence-electron chi connectivity index (χ4n) is 1.20. The first-order chi connectivity index (χ1) is 8.53. The van der Waals surface area contributed by atoms with Crippen molar-refractivity contribution in [3.05, 3.63) is 23.8 Å². The van der Waals surface area contributed by atoms with Gasteiger partial charge in [0, 0.05) is 5.56 Å². The van der Waals surface area contributed by atoms with Gasteiger partial charge in [0.15, 0.2) is 0 Å². The van der Waals surface area contributed by atoms with Gasteiger partial charge in [-0.1, -0.05) is 0 Å². The van der Waals surface area contributed by atoms with Crippen molar-refractivity contribution < 1.29 is 26.4 Å². The topological polar surface area (TPSA) is 115 Å². The van der Waals surface area contributed by atoms with Crippen LogP contribution in [0.1, 0.15) is 10.4 Å². The number of hydrogen-bond acceptors (Lipinski definition) is 4. The maximum Gasteiger partial charge on any atom is 0.402 e. The summed E-state index contributed by atoms with van der Waals surface area (Å²) in [6, 6.07) is 2.94. The zero-order valence-electron chi connectivity index (χ0n) is 9.36. The lowest BCUT2D eigenvalue weighted by Crippen LogP contribution is -2.34. The quantitative estimate of drug-likeness (QED) is 0.689. The molecule has 19 heavy (non-hydrogen) atoms. The maximum atomic E-state index is 12.0. The summed E-state index contributed by atoms with van der Waals surface area (Å²) in [5, 5.41) is 0. The van der Waals surface area contributed by atoms with Gasteiger partial charge in [0.2, 0.25) is 15.9 Å². The smallest absolute Gasteiger partial charge is 0.398 e. The Morgan fingerprint density at radius 3 is 2.32 bits per heavy atom. The molecule has 1 rings (SSSR count). The highest BCUT2D eigenvalue weighted by Gasteiger charge is 2.30. The number of carbonyl (C=O) groups is 1. The number of nitrogens with one attached hydrogen (secondary N) is 1. The molecule has 0 fully saturated rings. The van der Waals surface area contributed by atoms with Crippen molar-refractivity contribution in [1.82, 2.24) is 4.72 Å². The molecule has 0 saturated heterocycles. The molecule has 5 N–H and O–H groups in total. The second-order valence-electron chi connectivity index (χ2n) is 3.56. The number of hydrogen-bond donors (Lipinski definition) is 3. The standard InChI is InChI=1S/C9H10F3N3O3S/c10-9(11,12)4-15-19(17,18)7-2-1-5(8(14)16)3-6(7)13/h1-3,15H,4,13H2,(H2,14,16). The molecule has 0 aromatic heterocycles. The van der Waals surface area contributed by atoms with Gasteiger partial charge in [0.1, 0.15) is 11.4 Å². The Balaban J connectivity index is 3.06. The summed E-state index contributed by atoms with van der Waals surface area (Å²) in [4.78, 5) is 10.3. The van der Waals surface area contributed by atoms with Gasteiger partial charge in [0.25, 0.3) is 0 Å². The molecule has 0 radical (unpaired) electrons. The fourth-order valence-corrected chi connectivity index (χ4v) is 2.33. The van der Waals surface area contributed by atoms with Crippen LogP contribution in [0.15, 0.2) is 23.1 Å². The van der Waals surface area contributed by atoms with Crippen molar-refractivity contribution in [2.75, 3.05) is 12.3 Å². The first-order valence-electron chi connectivity index (χ1n) is 4.79. The van der Waals surface area contributed by atoms with E-state index in [-0.39, 0.29) is 11.3 Å². The first-order valence-corrected chi connectivity index (χ1v) is 6.27. The average Bonchev–Trinajstić information content (AvgIpc) is 2.25. The van der Waals surface area contributed by atoms with Crippen LogP contribution in [0.5, 0.6) is 0 Å². The summed E-state index contributed by atoms with van der Waals surface area (Å²) in [6.07, 6.45) is -4.69. The van der Waals surface area contributed by atoms with Gasteiger partial charge in [-0.3, -0.25) is 4.79 Å². The number of nitrogen functional groups attached to an aromatic ring is 1. The van der Waals surface area contributed by atoms with Crippen molar-refractivity contribution in [2.45, 2.75) is 11.1 Å². The fraction of sp³-hybridized carbons (Fsp3) is 0.222. The number of primary amides is 1. The first kappa shape index (κ1) is 15.2. The lowest BCUT2D eigenvalue weighted by Gasteiger charge is -2.11. The largest absolute Gasteiger partial charge is 0.402 e. The molecule has 10 heteroatoms. The highest BCUT2D eigenvalue weighted by Crippen LogP contribution is 2.21. The number of rotatable bonds is 4. The molecule has 106 valence electrons. The summed E-state index contributed by atoms with van der Waals surface area (Å²) in [7, 11) is -4.41. The van der Waals surface area contributed by atoms with Crippen LogP contribution in [0.3, 0.4) is 0 Å². The van der Waals surface area contributed by atoms with E-state index >= 15 is 0 Å². The van der Waals surface area contributed by atoms with Crippen LogP contribution in [0.25, 0.3) is 0 Å². The normalized spacial score (nSPS) is 12.4. The lowest BCUT2D eigenvalue weighted by atomic mass is 10.2. The molecule has 1 amide bonds. The minimum Gasteiger partial charge on any atom is -0.398 e. The third-order valence-corrected chi connectivity index (χ3v) is 3.52. The number of sulfonamides is 1. The summed E-state index contributed by atoms with van der Waals surface area (Å²) >= 11 is 0. The van der Waals surface area contributed by atoms with E-state index in [1.807, 2.05) is 0 Å². The SMILES string of the molecule is NC(=O)c1ccc(S(=O)(=O)NCC(F)(F)F)c(N)c1. The van der Waals surface area contributed by atoms with Crippen molar-refractivity contribution in [2.24, 2.45) is 5.73 Å². The van der Waals surface area contributed by atoms with Crippen LogP contribution in [-0.4, -0.2) is 27.0 Å². The molecule has 0 saturated carbocycles. The number of carbonyl (C=O) groups excluding carboxylic acids is 1. The minimum absolute atomic E-state index is 0.0488. The van der Waals surface area contributed by atoms with Crippen molar-refractivity contribution in [1.29, 1.82) is 0 Å². The van der Waals surface area contributed by atoms with Gasteiger partial charge in [-0.15, -0.1) is 0 Å². The number of alkyl halides is 3. The molecule has 0 unspecified atom stereocenters. The number of benzene rings is 1. The van der Waals surface area contributed by atoms with Gasteiger partial charge in [0.05, 0.1) is 5.69 Å². The van der Waals surface area contributed by atoms with Crippen LogP contribution in [0.2, 0.25) is 0 Å². The predicted molar refractivity (Wildman–Crippen MR) is 60.6 cm³/mol. The average molecular weight is 297 g/mol. The van der Waals surface area contributed by atoms with E-state index in [9.17, 15) is 26.4 Å². The van der Waals surface area contributed by atoms with E-state index in [0.717, 1.165) is 18.2 Å². The summed E-state index contributed by atoms with van der Waals surface area (Å²) in [6.45, 7) is -1.72. The Bertz CT molecular complexity index is 598. The molecule has 6 nitrogen and oxygen atoms in total. The molecular weight excluding hydrogens is 287 g/mol. The van der Waals surface area contributed by atoms with Gasteiger partial charge in [-0.25, -0.2) is 13.1 Å². The van der Waals surface area contributed by atoms with E-state index in [2.05, 4.69) is 0 Å². The van der Waals surface area contributed by atoms with Gasteiger partial charge >= 0.3 is 6.18 Å². The Labute approximate surface area is 106 Å². The highest BCUT2D eigenvalue weighted by molar-refractivity contribution is 7.89. The van der Waals surface area contributed by atoms with E-state index in [1.54, 1.807) is 0 Å². The van der Waals surface area contributed by atoms with Crippen LogP contribution in [-0.2, 0) is 10.0 Å². The number of nitrogens with two attached hydrogens (primary N) is 2. The van der Waals surface area contributed by atoms with Gasteiger partial charge in [-0.2, -0.15) is 13.2 Å². The maximum absolute atomic E-state index is 12.0. The van der Waals surface area contributed by atoms with E-state index in [1.165, 1.54) is 4.72 Å². The lowest BCUT2D eigenvalue weighted by molar-refractivity contribution is -0.121. The van der Waals surface area contributed by atoms with E-state index < -0.39 is 33.5 Å². The molecule has 0 bridgehead atoms. The van der Waals surface area contributed by atoms with Crippen molar-refractivity contribution in [3.63, 3.8) is 0 Å². The summed E-state index contributed by atoms with van der Waals surface area (Å²) < 4.78 is 60.4. The molecule has 0 aliphatic rings. The Morgan fingerprint density at radius 1 is 1.32 bits per heavy atom. The van der Waals surface area contributed by atoms with Gasteiger partial charge < -0.3 is 11.5 Å². The predicted octanol–water partition coefficient (Wildman–Crippen LogP) is 0.208. The summed E-state index contributed by atoms with van der Waals surface area (Å²) in [5.41, 5.74) is 9.91. The van der Waals surface area contributed by atoms with Crippen LogP contribution >= 0.6 is 0 Å². The molecule has 1 aromatic rings. The molecule has 0 spiro atoms. The van der Waals surface area contributed by atoms with E-state index in [0.29, 0.717) is 0 Å². The van der Waals surface area contributed by atoms with E-state index in [4.69, 9.17) is 11.5 Å². The molecule has 0 aliphatic carbocycles. The van der Waals surface area contributed by atoms with Crippen molar-refractivity contribution >= 4 is 21.6 Å². The molecule has 0 atom stereocenters. The Kier molecular flexibility index (Phi) is 4.06. The number of amides is 1. The molecule has 0 heterocycles. The Morgan fingerprint density at radius 2 is 1.89 bits per heavy atom. The second-order valence-corrected chi connectivity index (χ2v) is 5.29. The minimum atomic E-state index is -4.69. The molecular formula is C9H10F3N3O3S. The second kappa shape index (κ2) is 5.05. The molecule has 0 aliphatic heterocycles. The van der Waals surface area contributed by atoms with Crippen LogP contribution in [0.4, 0.5) is 18.9 Å². The zero-order valence-corrected chi connectivity index (χ0v) is 10.2. The monoisotopic (exact) mass is 297 g/mol. The third kappa shape index (κ3) is 4.10. The Hall–Kier alpha value is -1.81. The molecule has 1 aromatic carbocycles. The van der Waals surface area contributed by atoms with Crippen LogP contribution < -0.4 is 16.2 Å². The highest BCUT2D eigenvalue weighted by atomic mass is 32.2. The van der Waals surface area contributed by atoms with Gasteiger partial charge in [-0.05, 0) is 18.2 Å².